The van der Waals surface area contributed by atoms with Gasteiger partial charge in [-0.1, -0.05) is 12.8 Å². The molecule has 2 aliphatic rings. The second-order valence-electron chi connectivity index (χ2n) is 6.36. The maximum Gasteiger partial charge on any atom is 0.326 e. The van der Waals surface area contributed by atoms with Gasteiger partial charge in [0.15, 0.2) is 9.84 Å². The monoisotopic (exact) mass is 317 g/mol. The number of hydrogen-bond donors (Lipinski definition) is 1. The van der Waals surface area contributed by atoms with Gasteiger partial charge >= 0.3 is 5.97 Å². The maximum absolute atomic E-state index is 12.4. The van der Waals surface area contributed by atoms with Crippen molar-refractivity contribution in [3.63, 3.8) is 0 Å². The van der Waals surface area contributed by atoms with Crippen LogP contribution in [0, 0.1) is 5.92 Å². The molecule has 0 radical (unpaired) electrons. The molecule has 1 N–H and O–H groups in total. The van der Waals surface area contributed by atoms with E-state index < -0.39 is 38.8 Å². The van der Waals surface area contributed by atoms with Gasteiger partial charge in [0.1, 0.15) is 11.8 Å². The number of aliphatic carboxylic acids is 1. The van der Waals surface area contributed by atoms with Gasteiger partial charge in [-0.3, -0.25) is 4.79 Å². The molecule has 6 nitrogen and oxygen atoms in total. The van der Waals surface area contributed by atoms with Crippen LogP contribution in [-0.2, 0) is 19.4 Å². The quantitative estimate of drug-likeness (QED) is 0.837. The Morgan fingerprint density at radius 3 is 2.43 bits per heavy atom. The van der Waals surface area contributed by atoms with E-state index >= 15 is 0 Å². The summed E-state index contributed by atoms with van der Waals surface area (Å²) in [7, 11) is -3.51. The van der Waals surface area contributed by atoms with Gasteiger partial charge in [0.25, 0.3) is 0 Å². The van der Waals surface area contributed by atoms with E-state index in [0.29, 0.717) is 6.42 Å². The van der Waals surface area contributed by atoms with Gasteiger partial charge in [-0.05, 0) is 39.0 Å². The average molecular weight is 317 g/mol. The molecule has 1 amide bonds. The molecule has 1 saturated heterocycles. The molecule has 0 unspecified atom stereocenters. The van der Waals surface area contributed by atoms with E-state index in [0.717, 1.165) is 25.7 Å². The van der Waals surface area contributed by atoms with Crippen molar-refractivity contribution in [1.29, 1.82) is 0 Å². The molecule has 0 aromatic heterocycles. The third-order valence-electron chi connectivity index (χ3n) is 4.70. The van der Waals surface area contributed by atoms with Crippen molar-refractivity contribution in [3.8, 4) is 0 Å². The standard InChI is InChI=1S/C14H23NO5S/c1-9(2)21(19,20)8-13(16)15-11-6-4-3-5-10(11)7-12(15)14(17)18/h9-12H,3-8H2,1-2H3,(H,17,18)/t10-,11+,12+/m1/s1. The first-order chi connectivity index (χ1) is 9.74. The SMILES string of the molecule is CC(C)S(=O)(=O)CC(=O)N1[C@H](C(=O)O)C[C@H]2CCCC[C@@H]21. The van der Waals surface area contributed by atoms with Gasteiger partial charge in [0.2, 0.25) is 5.91 Å². The fraction of sp³-hybridized carbons (Fsp3) is 0.857. The fourth-order valence-corrected chi connectivity index (χ4v) is 4.28. The summed E-state index contributed by atoms with van der Waals surface area (Å²) in [5, 5.41) is 8.71. The van der Waals surface area contributed by atoms with Crippen LogP contribution in [-0.4, -0.2) is 53.4 Å². The minimum atomic E-state index is -3.51. The first-order valence-corrected chi connectivity index (χ1v) is 9.21. The molecule has 120 valence electrons. The van der Waals surface area contributed by atoms with Crippen LogP contribution in [0.15, 0.2) is 0 Å². The van der Waals surface area contributed by atoms with Gasteiger partial charge in [0, 0.05) is 6.04 Å². The molecular weight excluding hydrogens is 294 g/mol. The molecule has 0 spiro atoms. The van der Waals surface area contributed by atoms with Gasteiger partial charge in [-0.2, -0.15) is 0 Å². The van der Waals surface area contributed by atoms with Crippen molar-refractivity contribution >= 4 is 21.7 Å². The molecule has 2 fully saturated rings. The molecule has 3 atom stereocenters. The molecule has 7 heteroatoms. The summed E-state index contributed by atoms with van der Waals surface area (Å²) in [5.41, 5.74) is 0. The summed E-state index contributed by atoms with van der Waals surface area (Å²) >= 11 is 0. The van der Waals surface area contributed by atoms with Crippen molar-refractivity contribution in [2.75, 3.05) is 5.75 Å². The van der Waals surface area contributed by atoms with Crippen LogP contribution in [0.3, 0.4) is 0 Å². The van der Waals surface area contributed by atoms with E-state index in [2.05, 4.69) is 0 Å². The highest BCUT2D eigenvalue weighted by Crippen LogP contribution is 2.39. The molecule has 1 heterocycles. The lowest BCUT2D eigenvalue weighted by molar-refractivity contribution is -0.148. The Hall–Kier alpha value is -1.11. The van der Waals surface area contributed by atoms with E-state index in [9.17, 15) is 23.1 Å². The van der Waals surface area contributed by atoms with E-state index in [-0.39, 0.29) is 12.0 Å². The zero-order valence-corrected chi connectivity index (χ0v) is 13.3. The summed E-state index contributed by atoms with van der Waals surface area (Å²) in [6.07, 6.45) is 4.18. The second-order valence-corrected chi connectivity index (χ2v) is 8.92. The fourth-order valence-electron chi connectivity index (χ4n) is 3.45. The molecule has 0 aromatic rings. The molecule has 21 heavy (non-hydrogen) atoms. The average Bonchev–Trinajstić information content (AvgIpc) is 2.77. The summed E-state index contributed by atoms with van der Waals surface area (Å²) < 4.78 is 23.9. The molecule has 0 bridgehead atoms. The van der Waals surface area contributed by atoms with E-state index in [1.807, 2.05) is 0 Å². The number of rotatable bonds is 4. The summed E-state index contributed by atoms with van der Waals surface area (Å²) in [6.45, 7) is 3.06. The molecule has 2 rings (SSSR count). The minimum Gasteiger partial charge on any atom is -0.480 e. The number of carbonyl (C=O) groups is 2. The van der Waals surface area contributed by atoms with Crippen LogP contribution in [0.5, 0.6) is 0 Å². The van der Waals surface area contributed by atoms with Crippen molar-refractivity contribution < 1.29 is 23.1 Å². The van der Waals surface area contributed by atoms with E-state index in [1.54, 1.807) is 0 Å². The molecule has 1 aliphatic heterocycles. The normalized spacial score (nSPS) is 29.5. The Morgan fingerprint density at radius 1 is 1.24 bits per heavy atom. The number of carbonyl (C=O) groups excluding carboxylic acids is 1. The van der Waals surface area contributed by atoms with Crippen LogP contribution in [0.25, 0.3) is 0 Å². The number of hydrogen-bond acceptors (Lipinski definition) is 4. The van der Waals surface area contributed by atoms with E-state index in [4.69, 9.17) is 0 Å². The Kier molecular flexibility index (Phi) is 4.60. The highest BCUT2D eigenvalue weighted by Gasteiger charge is 2.48. The summed E-state index contributed by atoms with van der Waals surface area (Å²) in [5.74, 6) is -1.96. The Morgan fingerprint density at radius 2 is 1.86 bits per heavy atom. The third-order valence-corrected chi connectivity index (χ3v) is 6.79. The Bertz CT molecular complexity index is 527. The third kappa shape index (κ3) is 3.22. The predicted octanol–water partition coefficient (Wildman–Crippen LogP) is 1.05. The second kappa shape index (κ2) is 5.94. The van der Waals surface area contributed by atoms with Crippen LogP contribution in [0.1, 0.15) is 46.0 Å². The summed E-state index contributed by atoms with van der Waals surface area (Å²) in [4.78, 5) is 25.2. The smallest absolute Gasteiger partial charge is 0.326 e. The minimum absolute atomic E-state index is 0.102. The maximum atomic E-state index is 12.4. The lowest BCUT2D eigenvalue weighted by Gasteiger charge is -2.33. The van der Waals surface area contributed by atoms with Crippen LogP contribution < -0.4 is 0 Å². The Labute approximate surface area is 125 Å². The van der Waals surface area contributed by atoms with E-state index in [1.165, 1.54) is 18.7 Å². The number of nitrogens with zero attached hydrogens (tertiary/aromatic N) is 1. The number of amides is 1. The summed E-state index contributed by atoms with van der Waals surface area (Å²) in [6, 6.07) is -0.970. The zero-order valence-electron chi connectivity index (χ0n) is 12.5. The highest BCUT2D eigenvalue weighted by molar-refractivity contribution is 7.92. The van der Waals surface area contributed by atoms with Crippen LogP contribution in [0.2, 0.25) is 0 Å². The first-order valence-electron chi connectivity index (χ1n) is 7.49. The van der Waals surface area contributed by atoms with Crippen molar-refractivity contribution in [3.05, 3.63) is 0 Å². The number of carboxylic acids is 1. The van der Waals surface area contributed by atoms with Crippen LogP contribution >= 0.6 is 0 Å². The number of carboxylic acid groups (broad SMARTS) is 1. The van der Waals surface area contributed by atoms with Crippen molar-refractivity contribution in [1.82, 2.24) is 4.90 Å². The molecule has 0 aromatic carbocycles. The predicted molar refractivity (Wildman–Crippen MR) is 77.6 cm³/mol. The zero-order chi connectivity index (χ0) is 15.8. The molecule has 1 aliphatic carbocycles. The lowest BCUT2D eigenvalue weighted by Crippen LogP contribution is -2.48. The lowest BCUT2D eigenvalue weighted by atomic mass is 9.85. The van der Waals surface area contributed by atoms with Crippen molar-refractivity contribution in [2.45, 2.75) is 63.3 Å². The Balaban J connectivity index is 2.21. The number of fused-ring (bicyclic) bond motifs is 1. The van der Waals surface area contributed by atoms with Gasteiger partial charge < -0.3 is 10.0 Å². The van der Waals surface area contributed by atoms with Gasteiger partial charge in [-0.25, -0.2) is 13.2 Å². The van der Waals surface area contributed by atoms with Gasteiger partial charge in [-0.15, -0.1) is 0 Å². The highest BCUT2D eigenvalue weighted by atomic mass is 32.2. The topological polar surface area (TPSA) is 91.8 Å². The van der Waals surface area contributed by atoms with Gasteiger partial charge in [0.05, 0.1) is 5.25 Å². The number of sulfone groups is 1. The molecule has 1 saturated carbocycles. The molecular formula is C14H23NO5S. The van der Waals surface area contributed by atoms with Crippen molar-refractivity contribution in [2.24, 2.45) is 5.92 Å². The van der Waals surface area contributed by atoms with Crippen LogP contribution in [0.4, 0.5) is 0 Å². The number of likely N-dealkylation sites (tertiary alicyclic amines) is 1. The first kappa shape index (κ1) is 16.3. The largest absolute Gasteiger partial charge is 0.480 e.